The van der Waals surface area contributed by atoms with Crippen LogP contribution in [-0.2, 0) is 6.54 Å². The summed E-state index contributed by atoms with van der Waals surface area (Å²) < 4.78 is 7.61. The van der Waals surface area contributed by atoms with Crippen molar-refractivity contribution in [1.29, 1.82) is 0 Å². The van der Waals surface area contributed by atoms with Crippen LogP contribution in [0.4, 0.5) is 4.79 Å². The molecule has 1 unspecified atom stereocenters. The summed E-state index contributed by atoms with van der Waals surface area (Å²) in [6, 6.07) is 13.5. The molecule has 0 saturated carbocycles. The number of benzene rings is 2. The lowest BCUT2D eigenvalue weighted by molar-refractivity contribution is 0.223. The summed E-state index contributed by atoms with van der Waals surface area (Å²) in [5.74, 6) is 0.830. The van der Waals surface area contributed by atoms with Crippen molar-refractivity contribution in [2.75, 3.05) is 6.61 Å². The molecule has 0 bridgehead atoms. The molecule has 4 nitrogen and oxygen atoms in total. The zero-order chi connectivity index (χ0) is 16.2. The van der Waals surface area contributed by atoms with Gasteiger partial charge in [0.15, 0.2) is 0 Å². The number of rotatable bonds is 3. The second-order valence-corrected chi connectivity index (χ2v) is 7.16. The van der Waals surface area contributed by atoms with Crippen molar-refractivity contribution in [3.63, 3.8) is 0 Å². The van der Waals surface area contributed by atoms with Crippen molar-refractivity contribution >= 4 is 37.9 Å². The Balaban J connectivity index is 1.62. The Bertz CT molecular complexity index is 721. The molecule has 0 aromatic heterocycles. The van der Waals surface area contributed by atoms with Gasteiger partial charge in [0.25, 0.3) is 0 Å². The van der Waals surface area contributed by atoms with Gasteiger partial charge in [0.1, 0.15) is 5.75 Å². The van der Waals surface area contributed by atoms with Crippen LogP contribution in [0, 0.1) is 0 Å². The number of amides is 2. The molecule has 1 heterocycles. The molecular formula is C17H16Br2N2O2. The summed E-state index contributed by atoms with van der Waals surface area (Å²) in [4.78, 5) is 12.2. The molecule has 3 rings (SSSR count). The third-order valence-electron chi connectivity index (χ3n) is 3.66. The van der Waals surface area contributed by atoms with Crippen LogP contribution in [0.3, 0.4) is 0 Å². The first-order valence-electron chi connectivity index (χ1n) is 7.33. The minimum atomic E-state index is -0.178. The lowest BCUT2D eigenvalue weighted by Crippen LogP contribution is -2.39. The summed E-state index contributed by atoms with van der Waals surface area (Å²) >= 11 is 6.89. The highest BCUT2D eigenvalue weighted by atomic mass is 79.9. The average molecular weight is 440 g/mol. The van der Waals surface area contributed by atoms with Gasteiger partial charge in [0.2, 0.25) is 0 Å². The predicted octanol–water partition coefficient (Wildman–Crippen LogP) is 4.53. The van der Waals surface area contributed by atoms with Crippen molar-refractivity contribution in [1.82, 2.24) is 10.6 Å². The molecule has 0 spiro atoms. The lowest BCUT2D eigenvalue weighted by Gasteiger charge is -2.27. The number of carbonyl (C=O) groups is 1. The molecule has 1 aliphatic rings. The first kappa shape index (κ1) is 16.3. The monoisotopic (exact) mass is 438 g/mol. The van der Waals surface area contributed by atoms with E-state index in [1.165, 1.54) is 0 Å². The molecule has 2 aromatic carbocycles. The molecule has 23 heavy (non-hydrogen) atoms. The van der Waals surface area contributed by atoms with Gasteiger partial charge in [-0.3, -0.25) is 0 Å². The van der Waals surface area contributed by atoms with Gasteiger partial charge in [-0.1, -0.05) is 44.0 Å². The van der Waals surface area contributed by atoms with E-state index < -0.39 is 0 Å². The lowest BCUT2D eigenvalue weighted by atomic mass is 10.0. The van der Waals surface area contributed by atoms with E-state index in [1.54, 1.807) is 0 Å². The maximum Gasteiger partial charge on any atom is 0.315 e. The highest BCUT2D eigenvalue weighted by Crippen LogP contribution is 2.33. The quantitative estimate of drug-likeness (QED) is 0.737. The maximum absolute atomic E-state index is 12.2. The van der Waals surface area contributed by atoms with Gasteiger partial charge in [-0.05, 0) is 35.9 Å². The number of fused-ring (bicyclic) bond motifs is 1. The Morgan fingerprint density at radius 1 is 1.17 bits per heavy atom. The summed E-state index contributed by atoms with van der Waals surface area (Å²) in [7, 11) is 0. The maximum atomic E-state index is 12.2. The number of urea groups is 1. The molecule has 1 atom stereocenters. The fraction of sp³-hybridized carbons (Fsp3) is 0.235. The highest BCUT2D eigenvalue weighted by molar-refractivity contribution is 9.10. The minimum absolute atomic E-state index is 0.0428. The van der Waals surface area contributed by atoms with Crippen LogP contribution in [0.15, 0.2) is 51.4 Å². The summed E-state index contributed by atoms with van der Waals surface area (Å²) in [5.41, 5.74) is 2.05. The predicted molar refractivity (Wildman–Crippen MR) is 96.5 cm³/mol. The molecule has 120 valence electrons. The number of halogens is 2. The molecule has 6 heteroatoms. The number of hydrogen-bond acceptors (Lipinski definition) is 2. The molecule has 1 aliphatic heterocycles. The molecule has 0 aliphatic carbocycles. The Morgan fingerprint density at radius 2 is 2.00 bits per heavy atom. The van der Waals surface area contributed by atoms with Gasteiger partial charge >= 0.3 is 6.03 Å². The SMILES string of the molecule is O=C(NCc1cccc(Br)c1)NC1CCOc2ccc(Br)cc21. The van der Waals surface area contributed by atoms with Crippen molar-refractivity contribution in [2.24, 2.45) is 0 Å². The average Bonchev–Trinajstić information content (AvgIpc) is 2.54. The zero-order valence-electron chi connectivity index (χ0n) is 12.3. The van der Waals surface area contributed by atoms with Crippen molar-refractivity contribution < 1.29 is 9.53 Å². The molecule has 0 fully saturated rings. The largest absolute Gasteiger partial charge is 0.493 e. The smallest absolute Gasteiger partial charge is 0.315 e. The standard InChI is InChI=1S/C17H16Br2N2O2/c18-12-3-1-2-11(8-12)10-20-17(22)21-15-6-7-23-16-5-4-13(19)9-14(15)16/h1-5,8-9,15H,6-7,10H2,(H2,20,21,22). The first-order valence-corrected chi connectivity index (χ1v) is 8.91. The van der Waals surface area contributed by atoms with Crippen LogP contribution in [-0.4, -0.2) is 12.6 Å². The van der Waals surface area contributed by atoms with Crippen LogP contribution in [0.25, 0.3) is 0 Å². The van der Waals surface area contributed by atoms with Crippen molar-refractivity contribution in [3.05, 3.63) is 62.5 Å². The van der Waals surface area contributed by atoms with Crippen LogP contribution < -0.4 is 15.4 Å². The number of nitrogens with one attached hydrogen (secondary N) is 2. The summed E-state index contributed by atoms with van der Waals surface area (Å²) in [6.45, 7) is 1.09. The molecule has 0 radical (unpaired) electrons. The third kappa shape index (κ3) is 4.26. The second kappa shape index (κ2) is 7.36. The summed E-state index contributed by atoms with van der Waals surface area (Å²) in [5, 5.41) is 5.92. The number of carbonyl (C=O) groups excluding carboxylic acids is 1. The van der Waals surface area contributed by atoms with Crippen molar-refractivity contribution in [3.8, 4) is 5.75 Å². The van der Waals surface area contributed by atoms with Crippen molar-refractivity contribution in [2.45, 2.75) is 19.0 Å². The minimum Gasteiger partial charge on any atom is -0.493 e. The Hall–Kier alpha value is -1.53. The first-order chi connectivity index (χ1) is 11.1. The molecule has 2 N–H and O–H groups in total. The third-order valence-corrected chi connectivity index (χ3v) is 4.65. The Kier molecular flexibility index (Phi) is 5.23. The zero-order valence-corrected chi connectivity index (χ0v) is 15.5. The molecular weight excluding hydrogens is 424 g/mol. The van der Waals surface area contributed by atoms with Crippen LogP contribution in [0.5, 0.6) is 5.75 Å². The normalized spacial score (nSPS) is 16.2. The van der Waals surface area contributed by atoms with Crippen LogP contribution in [0.1, 0.15) is 23.6 Å². The Labute approximate surface area is 151 Å². The molecule has 2 aromatic rings. The van der Waals surface area contributed by atoms with Gasteiger partial charge in [-0.25, -0.2) is 4.79 Å². The van der Waals surface area contributed by atoms with Gasteiger partial charge in [-0.2, -0.15) is 0 Å². The van der Waals surface area contributed by atoms with E-state index in [9.17, 15) is 4.79 Å². The van der Waals surface area contributed by atoms with E-state index in [1.807, 2.05) is 42.5 Å². The van der Waals surface area contributed by atoms with Gasteiger partial charge in [0.05, 0.1) is 12.6 Å². The summed E-state index contributed by atoms with van der Waals surface area (Å²) in [6.07, 6.45) is 0.758. The van der Waals surface area contributed by atoms with E-state index >= 15 is 0 Å². The fourth-order valence-corrected chi connectivity index (χ4v) is 3.38. The second-order valence-electron chi connectivity index (χ2n) is 5.33. The van der Waals surface area contributed by atoms with Crippen LogP contribution >= 0.6 is 31.9 Å². The van der Waals surface area contributed by atoms with Gasteiger partial charge in [0, 0.05) is 27.5 Å². The molecule has 0 saturated heterocycles. The number of ether oxygens (including phenoxy) is 1. The Morgan fingerprint density at radius 3 is 2.83 bits per heavy atom. The van der Waals surface area contributed by atoms with E-state index in [2.05, 4.69) is 42.5 Å². The van der Waals surface area contributed by atoms with E-state index in [0.717, 1.165) is 32.2 Å². The van der Waals surface area contributed by atoms with Gasteiger partial charge in [-0.15, -0.1) is 0 Å². The van der Waals surface area contributed by atoms with Crippen LogP contribution in [0.2, 0.25) is 0 Å². The molecule has 2 amide bonds. The fourth-order valence-electron chi connectivity index (χ4n) is 2.55. The topological polar surface area (TPSA) is 50.4 Å². The van der Waals surface area contributed by atoms with Gasteiger partial charge < -0.3 is 15.4 Å². The van der Waals surface area contributed by atoms with E-state index in [0.29, 0.717) is 13.2 Å². The highest BCUT2D eigenvalue weighted by Gasteiger charge is 2.23. The van der Waals surface area contributed by atoms with E-state index in [4.69, 9.17) is 4.74 Å². The van der Waals surface area contributed by atoms with E-state index in [-0.39, 0.29) is 12.1 Å². The number of hydrogen-bond donors (Lipinski definition) is 2.